The van der Waals surface area contributed by atoms with Gasteiger partial charge in [0, 0.05) is 10.8 Å². The molecule has 1 fully saturated rings. The van der Waals surface area contributed by atoms with Gasteiger partial charge in [-0.15, -0.1) is 11.3 Å². The van der Waals surface area contributed by atoms with Gasteiger partial charge in [0.2, 0.25) is 0 Å². The van der Waals surface area contributed by atoms with E-state index in [4.69, 9.17) is 4.42 Å². The molecule has 0 saturated heterocycles. The van der Waals surface area contributed by atoms with Crippen LogP contribution in [0.2, 0.25) is 0 Å². The van der Waals surface area contributed by atoms with Gasteiger partial charge in [-0.25, -0.2) is 9.78 Å². The molecular formula is C21H18N2O2S. The predicted octanol–water partition coefficient (Wildman–Crippen LogP) is 5.40. The maximum atomic E-state index is 12.3. The monoisotopic (exact) mass is 362 g/mol. The van der Waals surface area contributed by atoms with E-state index < -0.39 is 5.63 Å². The Labute approximate surface area is 155 Å². The Bertz CT molecular complexity index is 1100. The first-order valence-corrected chi connectivity index (χ1v) is 9.65. The standard InChI is InChI=1S/C21H18N2O2S/c1-13-5-4-7-14(9-13)17(11-22)20-23-18(12-26-20)16-10-15-6-2-3-8-19(15)25-21(16)24/h2-3,6,8,10,12-13H,4-5,7,9H2,1H3/b17-14+/t13-/m1/s1. The van der Waals surface area contributed by atoms with Crippen molar-refractivity contribution in [2.45, 2.75) is 32.6 Å². The molecule has 2 heterocycles. The molecule has 4 nitrogen and oxygen atoms in total. The fourth-order valence-corrected chi connectivity index (χ4v) is 4.41. The van der Waals surface area contributed by atoms with Crippen LogP contribution in [0.15, 0.2) is 50.5 Å². The summed E-state index contributed by atoms with van der Waals surface area (Å²) in [5.74, 6) is 0.606. The van der Waals surface area contributed by atoms with Crippen LogP contribution in [0, 0.1) is 17.2 Å². The van der Waals surface area contributed by atoms with Crippen LogP contribution in [0.25, 0.3) is 27.8 Å². The van der Waals surface area contributed by atoms with Gasteiger partial charge in [-0.1, -0.05) is 31.5 Å². The maximum Gasteiger partial charge on any atom is 0.345 e. The van der Waals surface area contributed by atoms with E-state index in [-0.39, 0.29) is 0 Å². The van der Waals surface area contributed by atoms with Gasteiger partial charge in [0.15, 0.2) is 0 Å². The van der Waals surface area contributed by atoms with Gasteiger partial charge in [-0.05, 0) is 42.9 Å². The number of hydrogen-bond donors (Lipinski definition) is 0. The fourth-order valence-electron chi connectivity index (χ4n) is 3.55. The van der Waals surface area contributed by atoms with Gasteiger partial charge in [-0.3, -0.25) is 0 Å². The molecule has 0 bridgehead atoms. The molecule has 0 aliphatic heterocycles. The zero-order valence-corrected chi connectivity index (χ0v) is 15.3. The molecule has 3 aromatic rings. The summed E-state index contributed by atoms with van der Waals surface area (Å²) >= 11 is 1.41. The van der Waals surface area contributed by atoms with Crippen LogP contribution in [0.5, 0.6) is 0 Å². The van der Waals surface area contributed by atoms with Crippen molar-refractivity contribution in [3.8, 4) is 17.3 Å². The average molecular weight is 362 g/mol. The van der Waals surface area contributed by atoms with Crippen LogP contribution >= 0.6 is 11.3 Å². The molecule has 1 aromatic carbocycles. The first-order chi connectivity index (χ1) is 12.7. The number of hydrogen-bond acceptors (Lipinski definition) is 5. The zero-order valence-electron chi connectivity index (χ0n) is 14.5. The van der Waals surface area contributed by atoms with Gasteiger partial charge < -0.3 is 4.42 Å². The third-order valence-corrected chi connectivity index (χ3v) is 5.73. The van der Waals surface area contributed by atoms with Crippen LogP contribution in [-0.4, -0.2) is 4.98 Å². The topological polar surface area (TPSA) is 66.9 Å². The molecular weight excluding hydrogens is 344 g/mol. The van der Waals surface area contributed by atoms with Crippen molar-refractivity contribution in [3.63, 3.8) is 0 Å². The number of rotatable bonds is 2. The van der Waals surface area contributed by atoms with E-state index in [1.54, 1.807) is 6.07 Å². The summed E-state index contributed by atoms with van der Waals surface area (Å²) in [4.78, 5) is 16.9. The molecule has 0 unspecified atom stereocenters. The van der Waals surface area contributed by atoms with E-state index in [0.717, 1.165) is 24.6 Å². The minimum Gasteiger partial charge on any atom is -0.422 e. The Balaban J connectivity index is 1.77. The highest BCUT2D eigenvalue weighted by Crippen LogP contribution is 2.35. The number of fused-ring (bicyclic) bond motifs is 1. The highest BCUT2D eigenvalue weighted by molar-refractivity contribution is 7.11. The number of nitrogens with zero attached hydrogens (tertiary/aromatic N) is 2. The summed E-state index contributed by atoms with van der Waals surface area (Å²) in [6.07, 6.45) is 4.24. The van der Waals surface area contributed by atoms with Crippen LogP contribution in [0.3, 0.4) is 0 Å². The predicted molar refractivity (Wildman–Crippen MR) is 104 cm³/mol. The fraction of sp³-hybridized carbons (Fsp3) is 0.286. The summed E-state index contributed by atoms with van der Waals surface area (Å²) in [5.41, 5.74) is 3.04. The lowest BCUT2D eigenvalue weighted by molar-refractivity contribution is 0.454. The molecule has 5 heteroatoms. The smallest absolute Gasteiger partial charge is 0.345 e. The summed E-state index contributed by atoms with van der Waals surface area (Å²) < 4.78 is 5.41. The van der Waals surface area contributed by atoms with Crippen molar-refractivity contribution >= 4 is 27.9 Å². The summed E-state index contributed by atoms with van der Waals surface area (Å²) in [5, 5.41) is 13.1. The van der Waals surface area contributed by atoms with Crippen molar-refractivity contribution in [1.29, 1.82) is 5.26 Å². The molecule has 1 atom stereocenters. The first-order valence-electron chi connectivity index (χ1n) is 8.77. The maximum absolute atomic E-state index is 12.3. The van der Waals surface area contributed by atoms with E-state index in [1.165, 1.54) is 23.3 Å². The Morgan fingerprint density at radius 2 is 2.23 bits per heavy atom. The Hall–Kier alpha value is -2.71. The van der Waals surface area contributed by atoms with Crippen LogP contribution in [0.1, 0.15) is 37.6 Å². The average Bonchev–Trinajstić information content (AvgIpc) is 3.11. The quantitative estimate of drug-likeness (QED) is 0.452. The van der Waals surface area contributed by atoms with Gasteiger partial charge in [-0.2, -0.15) is 5.26 Å². The Morgan fingerprint density at radius 1 is 1.38 bits per heavy atom. The van der Waals surface area contributed by atoms with Gasteiger partial charge in [0.25, 0.3) is 0 Å². The molecule has 26 heavy (non-hydrogen) atoms. The Kier molecular flexibility index (Phi) is 4.44. The minimum absolute atomic E-state index is 0.405. The highest BCUT2D eigenvalue weighted by atomic mass is 32.1. The van der Waals surface area contributed by atoms with E-state index in [9.17, 15) is 10.1 Å². The molecule has 0 spiro atoms. The van der Waals surface area contributed by atoms with Crippen molar-refractivity contribution in [3.05, 3.63) is 56.7 Å². The summed E-state index contributed by atoms with van der Waals surface area (Å²) in [7, 11) is 0. The molecule has 1 saturated carbocycles. The SMILES string of the molecule is C[C@@H]1CCC/C(=C(/C#N)c2nc(-c3cc4ccccc4oc3=O)cs2)C1. The first kappa shape index (κ1) is 16.7. The van der Waals surface area contributed by atoms with Crippen molar-refractivity contribution in [1.82, 2.24) is 4.98 Å². The molecule has 4 rings (SSSR count). The Morgan fingerprint density at radius 3 is 3.04 bits per heavy atom. The van der Waals surface area contributed by atoms with Crippen molar-refractivity contribution in [2.24, 2.45) is 5.92 Å². The molecule has 0 amide bonds. The lowest BCUT2D eigenvalue weighted by atomic mass is 9.84. The lowest BCUT2D eigenvalue weighted by Crippen LogP contribution is -2.06. The number of allylic oxidation sites excluding steroid dienone is 2. The van der Waals surface area contributed by atoms with Crippen molar-refractivity contribution in [2.75, 3.05) is 0 Å². The van der Waals surface area contributed by atoms with Gasteiger partial charge in [0.05, 0.1) is 16.8 Å². The second-order valence-electron chi connectivity index (χ2n) is 6.82. The molecule has 0 radical (unpaired) electrons. The van der Waals surface area contributed by atoms with Crippen LogP contribution in [0.4, 0.5) is 0 Å². The minimum atomic E-state index is -0.405. The largest absolute Gasteiger partial charge is 0.422 e. The van der Waals surface area contributed by atoms with Gasteiger partial charge in [0.1, 0.15) is 16.7 Å². The summed E-state index contributed by atoms with van der Waals surface area (Å²) in [6, 6.07) is 11.6. The van der Waals surface area contributed by atoms with E-state index >= 15 is 0 Å². The number of benzene rings is 1. The number of thiazole rings is 1. The molecule has 0 N–H and O–H groups in total. The van der Waals surface area contributed by atoms with E-state index in [0.29, 0.717) is 33.3 Å². The zero-order chi connectivity index (χ0) is 18.1. The second kappa shape index (κ2) is 6.89. The normalized spacial score (nSPS) is 19.3. The van der Waals surface area contributed by atoms with Gasteiger partial charge >= 0.3 is 5.63 Å². The van der Waals surface area contributed by atoms with Crippen molar-refractivity contribution < 1.29 is 4.42 Å². The van der Waals surface area contributed by atoms with Crippen LogP contribution in [-0.2, 0) is 0 Å². The molecule has 2 aromatic heterocycles. The molecule has 1 aliphatic rings. The highest BCUT2D eigenvalue weighted by Gasteiger charge is 2.20. The number of nitriles is 1. The van der Waals surface area contributed by atoms with E-state index in [2.05, 4.69) is 18.0 Å². The number of aromatic nitrogens is 1. The molecule has 1 aliphatic carbocycles. The van der Waals surface area contributed by atoms with E-state index in [1.807, 2.05) is 29.6 Å². The third-order valence-electron chi connectivity index (χ3n) is 4.87. The lowest BCUT2D eigenvalue weighted by Gasteiger charge is -2.21. The second-order valence-corrected chi connectivity index (χ2v) is 7.67. The summed E-state index contributed by atoms with van der Waals surface area (Å²) in [6.45, 7) is 2.22. The number of para-hydroxylation sites is 1. The third kappa shape index (κ3) is 3.09. The molecule has 130 valence electrons. The van der Waals surface area contributed by atoms with Crippen LogP contribution < -0.4 is 5.63 Å².